The van der Waals surface area contributed by atoms with Crippen LogP contribution in [0.25, 0.3) is 0 Å². The van der Waals surface area contributed by atoms with Gasteiger partial charge in [0.2, 0.25) is 0 Å². The van der Waals surface area contributed by atoms with Crippen molar-refractivity contribution < 1.29 is 14.3 Å². The molecular formula is C24H33N3O3. The molecule has 2 fully saturated rings. The van der Waals surface area contributed by atoms with E-state index in [-0.39, 0.29) is 11.9 Å². The average molecular weight is 412 g/mol. The van der Waals surface area contributed by atoms with Gasteiger partial charge < -0.3 is 19.3 Å². The van der Waals surface area contributed by atoms with E-state index in [2.05, 4.69) is 16.0 Å². The molecule has 6 nitrogen and oxygen atoms in total. The smallest absolute Gasteiger partial charge is 0.256 e. The predicted octanol–water partition coefficient (Wildman–Crippen LogP) is 4.05. The summed E-state index contributed by atoms with van der Waals surface area (Å²) >= 11 is 0. The number of amides is 1. The average Bonchev–Trinajstić information content (AvgIpc) is 3.37. The van der Waals surface area contributed by atoms with Crippen molar-refractivity contribution in [1.82, 2.24) is 9.88 Å². The number of hydrogen-bond acceptors (Lipinski definition) is 5. The van der Waals surface area contributed by atoms with Gasteiger partial charge in [0.15, 0.2) is 5.89 Å². The summed E-state index contributed by atoms with van der Waals surface area (Å²) in [5.74, 6) is 1.35. The third kappa shape index (κ3) is 4.24. The molecule has 2 saturated heterocycles. The molecule has 4 rings (SSSR count). The Bertz CT molecular complexity index is 893. The van der Waals surface area contributed by atoms with E-state index in [1.807, 2.05) is 30.0 Å². The second-order valence-corrected chi connectivity index (χ2v) is 9.13. The number of likely N-dealkylation sites (tertiary alicyclic amines) is 1. The van der Waals surface area contributed by atoms with Gasteiger partial charge in [-0.25, -0.2) is 4.98 Å². The monoisotopic (exact) mass is 411 g/mol. The van der Waals surface area contributed by atoms with Gasteiger partial charge in [-0.3, -0.25) is 4.79 Å². The second-order valence-electron chi connectivity index (χ2n) is 9.13. The van der Waals surface area contributed by atoms with Crippen LogP contribution in [0.4, 0.5) is 5.69 Å². The number of aryl methyl sites for hydroxylation is 1. The molecule has 0 aliphatic carbocycles. The summed E-state index contributed by atoms with van der Waals surface area (Å²) in [7, 11) is 0. The molecule has 0 radical (unpaired) electrons. The first-order valence-electron chi connectivity index (χ1n) is 11.2. The van der Waals surface area contributed by atoms with Crippen molar-refractivity contribution in [3.8, 4) is 0 Å². The number of aliphatic hydroxyl groups is 1. The van der Waals surface area contributed by atoms with Crippen LogP contribution in [0.15, 0.2) is 28.7 Å². The molecule has 1 atom stereocenters. The molecule has 2 aliphatic rings. The Labute approximate surface area is 178 Å². The van der Waals surface area contributed by atoms with Gasteiger partial charge in [0, 0.05) is 37.8 Å². The Morgan fingerprint density at radius 2 is 1.87 bits per heavy atom. The van der Waals surface area contributed by atoms with Crippen molar-refractivity contribution in [2.75, 3.05) is 24.5 Å². The van der Waals surface area contributed by atoms with Crippen LogP contribution in [0.5, 0.6) is 0 Å². The van der Waals surface area contributed by atoms with E-state index in [1.54, 1.807) is 13.8 Å². The topological polar surface area (TPSA) is 69.8 Å². The van der Waals surface area contributed by atoms with Gasteiger partial charge in [0.25, 0.3) is 5.91 Å². The highest BCUT2D eigenvalue weighted by Crippen LogP contribution is 2.30. The van der Waals surface area contributed by atoms with Crippen LogP contribution >= 0.6 is 0 Å². The molecule has 2 aromatic rings. The van der Waals surface area contributed by atoms with Crippen molar-refractivity contribution in [2.24, 2.45) is 0 Å². The van der Waals surface area contributed by atoms with Crippen LogP contribution in [0.1, 0.15) is 73.7 Å². The number of aromatic nitrogens is 1. The molecule has 0 bridgehead atoms. The van der Waals surface area contributed by atoms with Crippen molar-refractivity contribution in [3.05, 3.63) is 47.2 Å². The molecule has 0 unspecified atom stereocenters. The fourth-order valence-electron chi connectivity index (χ4n) is 4.83. The number of nitrogens with zero attached hydrogens (tertiary/aromatic N) is 3. The number of carbonyl (C=O) groups excluding carboxylic acids is 1. The largest absolute Gasteiger partial charge is 0.446 e. The highest BCUT2D eigenvalue weighted by molar-refractivity contribution is 6.00. The fourth-order valence-corrected chi connectivity index (χ4v) is 4.83. The van der Waals surface area contributed by atoms with Crippen LogP contribution in [0.3, 0.4) is 0 Å². The highest BCUT2D eigenvalue weighted by Gasteiger charge is 2.32. The minimum Gasteiger partial charge on any atom is -0.446 e. The quantitative estimate of drug-likeness (QED) is 0.804. The normalized spacial score (nSPS) is 20.1. The van der Waals surface area contributed by atoms with Gasteiger partial charge in [0.05, 0.1) is 5.56 Å². The van der Waals surface area contributed by atoms with Gasteiger partial charge in [-0.05, 0) is 65.0 Å². The number of oxazole rings is 1. The summed E-state index contributed by atoms with van der Waals surface area (Å²) in [6, 6.07) is 8.07. The first-order valence-corrected chi connectivity index (χ1v) is 11.2. The zero-order valence-corrected chi connectivity index (χ0v) is 18.4. The number of piperidine rings is 1. The maximum Gasteiger partial charge on any atom is 0.256 e. The summed E-state index contributed by atoms with van der Waals surface area (Å²) in [5, 5.41) is 10.3. The first kappa shape index (κ1) is 20.9. The highest BCUT2D eigenvalue weighted by atomic mass is 16.4. The molecular weight excluding hydrogens is 378 g/mol. The van der Waals surface area contributed by atoms with Gasteiger partial charge >= 0.3 is 0 Å². The van der Waals surface area contributed by atoms with Gasteiger partial charge in [-0.2, -0.15) is 0 Å². The second kappa shape index (κ2) is 8.42. The lowest BCUT2D eigenvalue weighted by Gasteiger charge is -2.36. The zero-order chi connectivity index (χ0) is 21.3. The van der Waals surface area contributed by atoms with Crippen molar-refractivity contribution in [1.29, 1.82) is 0 Å². The van der Waals surface area contributed by atoms with Crippen molar-refractivity contribution in [3.63, 3.8) is 0 Å². The van der Waals surface area contributed by atoms with Gasteiger partial charge in [-0.1, -0.05) is 12.1 Å². The van der Waals surface area contributed by atoms with Gasteiger partial charge in [0.1, 0.15) is 17.1 Å². The van der Waals surface area contributed by atoms with Crippen LogP contribution in [0.2, 0.25) is 0 Å². The van der Waals surface area contributed by atoms with E-state index < -0.39 is 5.60 Å². The number of benzene rings is 1. The Morgan fingerprint density at radius 3 is 2.57 bits per heavy atom. The number of carbonyl (C=O) groups is 1. The Morgan fingerprint density at radius 1 is 1.17 bits per heavy atom. The molecule has 1 N–H and O–H groups in total. The van der Waals surface area contributed by atoms with Gasteiger partial charge in [-0.15, -0.1) is 0 Å². The molecule has 2 aliphatic heterocycles. The third-order valence-electron chi connectivity index (χ3n) is 6.30. The summed E-state index contributed by atoms with van der Waals surface area (Å²) in [6.45, 7) is 8.06. The van der Waals surface area contributed by atoms with Crippen LogP contribution in [-0.4, -0.2) is 46.6 Å². The predicted molar refractivity (Wildman–Crippen MR) is 117 cm³/mol. The van der Waals surface area contributed by atoms with E-state index in [1.165, 1.54) is 12.8 Å². The number of hydrogen-bond donors (Lipinski definition) is 1. The number of para-hydroxylation sites is 1. The molecule has 0 spiro atoms. The first-order chi connectivity index (χ1) is 14.3. The van der Waals surface area contributed by atoms with Crippen LogP contribution in [-0.2, 0) is 12.0 Å². The molecule has 1 aromatic carbocycles. The summed E-state index contributed by atoms with van der Waals surface area (Å²) in [6.07, 6.45) is 6.00. The maximum atomic E-state index is 13.6. The van der Waals surface area contributed by atoms with E-state index in [0.29, 0.717) is 23.8 Å². The van der Waals surface area contributed by atoms with Crippen LogP contribution in [0, 0.1) is 6.92 Å². The van der Waals surface area contributed by atoms with E-state index in [4.69, 9.17) is 4.42 Å². The molecule has 1 amide bonds. The minimum absolute atomic E-state index is 0.0607. The minimum atomic E-state index is -1.04. The van der Waals surface area contributed by atoms with E-state index >= 15 is 0 Å². The summed E-state index contributed by atoms with van der Waals surface area (Å²) in [5.41, 5.74) is 1.39. The Hall–Kier alpha value is -2.34. The molecule has 30 heavy (non-hydrogen) atoms. The molecule has 6 heteroatoms. The zero-order valence-electron chi connectivity index (χ0n) is 18.4. The number of anilines is 1. The molecule has 0 saturated carbocycles. The lowest BCUT2D eigenvalue weighted by Crippen LogP contribution is -2.45. The summed E-state index contributed by atoms with van der Waals surface area (Å²) < 4.78 is 5.87. The van der Waals surface area contributed by atoms with Crippen LogP contribution < -0.4 is 4.90 Å². The molecule has 162 valence electrons. The van der Waals surface area contributed by atoms with E-state index in [9.17, 15) is 9.90 Å². The van der Waals surface area contributed by atoms with E-state index in [0.717, 1.165) is 50.1 Å². The van der Waals surface area contributed by atoms with Crippen molar-refractivity contribution in [2.45, 2.75) is 70.9 Å². The van der Waals surface area contributed by atoms with Crippen molar-refractivity contribution >= 4 is 11.6 Å². The lowest BCUT2D eigenvalue weighted by atomic mass is 9.97. The maximum absolute atomic E-state index is 13.6. The summed E-state index contributed by atoms with van der Waals surface area (Å²) in [4.78, 5) is 22.5. The third-order valence-corrected chi connectivity index (χ3v) is 6.30. The lowest BCUT2D eigenvalue weighted by molar-refractivity contribution is 0.0604. The number of rotatable bonds is 5. The SMILES string of the molecule is Cc1oc(C[C@H]2CCCCN2C(=O)c2ccccc2N2CCCC2)nc1C(C)(C)O. The standard InChI is InChI=1S/C24H33N3O3/c1-17-22(24(2,3)29)25-21(30-17)16-18-10-6-7-15-27(18)23(28)19-11-4-5-12-20(19)26-13-8-9-14-26/h4-5,11-12,18,29H,6-10,13-16H2,1-3H3/t18-/m1/s1. The Balaban J connectivity index is 1.57. The fraction of sp³-hybridized carbons (Fsp3) is 0.583. The molecule has 3 heterocycles. The molecule has 1 aromatic heterocycles. The Kier molecular flexibility index (Phi) is 5.87.